The van der Waals surface area contributed by atoms with Gasteiger partial charge in [0, 0.05) is 44.5 Å². The Kier molecular flexibility index (Phi) is 4.58. The molecule has 2 aliphatic rings. The minimum Gasteiger partial charge on any atom is -0.595 e. The monoisotopic (exact) mass is 311 g/mol. The van der Waals surface area contributed by atoms with E-state index in [1.54, 1.807) is 0 Å². The van der Waals surface area contributed by atoms with Crippen LogP contribution in [0.5, 0.6) is 0 Å². The second kappa shape index (κ2) is 5.09. The summed E-state index contributed by atoms with van der Waals surface area (Å²) in [6.45, 7) is 8.74. The van der Waals surface area contributed by atoms with Gasteiger partial charge in [0.25, 0.3) is 0 Å². The molecule has 17 heavy (non-hydrogen) atoms. The van der Waals surface area contributed by atoms with Gasteiger partial charge in [0.2, 0.25) is 0 Å². The van der Waals surface area contributed by atoms with Crippen molar-refractivity contribution >= 4 is 11.8 Å². The Hall–Kier alpha value is 0.244. The molecule has 0 aromatic heterocycles. The van der Waals surface area contributed by atoms with Gasteiger partial charge in [-0.1, -0.05) is 27.7 Å². The van der Waals surface area contributed by atoms with Crippen molar-refractivity contribution in [1.82, 2.24) is 0 Å². The van der Waals surface area contributed by atoms with Crippen LogP contribution in [-0.4, -0.2) is 11.8 Å². The van der Waals surface area contributed by atoms with Crippen LogP contribution in [0.1, 0.15) is 40.5 Å². The van der Waals surface area contributed by atoms with Crippen LogP contribution in [0.4, 0.5) is 0 Å². The third-order valence-electron chi connectivity index (χ3n) is 5.19. The van der Waals surface area contributed by atoms with Crippen molar-refractivity contribution in [2.24, 2.45) is 29.1 Å². The molecule has 1 saturated heterocycles. The molecule has 1 heterocycles. The summed E-state index contributed by atoms with van der Waals surface area (Å²) in [6.07, 6.45) is 1.17. The summed E-state index contributed by atoms with van der Waals surface area (Å²) in [5, 5.41) is 3.63. The van der Waals surface area contributed by atoms with E-state index in [1.807, 2.05) is 0 Å². The first-order valence-electron chi connectivity index (χ1n) is 6.17. The van der Waals surface area contributed by atoms with E-state index in [-0.39, 0.29) is 50.4 Å². The van der Waals surface area contributed by atoms with Crippen LogP contribution in [0, 0.1) is 29.1 Å². The summed E-state index contributed by atoms with van der Waals surface area (Å²) in [5.74, 6) is 1.48. The largest absolute Gasteiger partial charge is 0.595 e. The molecule has 93 valence electrons. The van der Waals surface area contributed by atoms with Crippen molar-refractivity contribution in [3.63, 3.8) is 0 Å². The number of carbonyl (C=O) groups excluding carboxylic acids is 2. The number of imide groups is 1. The van der Waals surface area contributed by atoms with Crippen molar-refractivity contribution < 1.29 is 42.3 Å². The van der Waals surface area contributed by atoms with Gasteiger partial charge in [0.05, 0.1) is 11.8 Å². The summed E-state index contributed by atoms with van der Waals surface area (Å²) in [5.41, 5.74) is -0.470. The summed E-state index contributed by atoms with van der Waals surface area (Å²) in [4.78, 5) is 23.4. The van der Waals surface area contributed by atoms with E-state index < -0.39 is 5.41 Å². The number of amides is 2. The van der Waals surface area contributed by atoms with E-state index in [2.05, 4.69) is 33.0 Å². The molecule has 5 atom stereocenters. The maximum absolute atomic E-state index is 12.0. The number of hydrogen-bond acceptors (Lipinski definition) is 2. The molecule has 0 N–H and O–H groups in total. The second-order valence-corrected chi connectivity index (χ2v) is 5.83. The van der Waals surface area contributed by atoms with Crippen molar-refractivity contribution in [2.75, 3.05) is 0 Å². The van der Waals surface area contributed by atoms with Gasteiger partial charge >= 0.3 is 0 Å². The number of hydrogen-bond donors (Lipinski definition) is 0. The van der Waals surface area contributed by atoms with Crippen LogP contribution in [0.25, 0.3) is 5.32 Å². The van der Waals surface area contributed by atoms with Gasteiger partial charge in [-0.15, -0.1) is 0 Å². The summed E-state index contributed by atoms with van der Waals surface area (Å²) in [7, 11) is 0. The molecule has 1 spiro atoms. The summed E-state index contributed by atoms with van der Waals surface area (Å²) in [6, 6.07) is 0. The third kappa shape index (κ3) is 2.25. The fraction of sp³-hybridized carbons (Fsp3) is 0.846. The second-order valence-electron chi connectivity index (χ2n) is 5.83. The Morgan fingerprint density at radius 1 is 1.12 bits per heavy atom. The van der Waals surface area contributed by atoms with Gasteiger partial charge in [-0.2, -0.15) is 0 Å². The predicted molar refractivity (Wildman–Crippen MR) is 61.7 cm³/mol. The quantitative estimate of drug-likeness (QED) is 0.646. The maximum Gasteiger partial charge on any atom is 0.0634 e. The van der Waals surface area contributed by atoms with Crippen molar-refractivity contribution in [2.45, 2.75) is 40.5 Å². The molecule has 5 unspecified atom stereocenters. The molecule has 4 heteroatoms. The number of carbonyl (C=O) groups is 2. The van der Waals surface area contributed by atoms with E-state index in [4.69, 9.17) is 0 Å². The van der Waals surface area contributed by atoms with Gasteiger partial charge in [0.1, 0.15) is 0 Å². The van der Waals surface area contributed by atoms with E-state index in [0.29, 0.717) is 24.2 Å². The first kappa shape index (κ1) is 15.3. The van der Waals surface area contributed by atoms with Crippen LogP contribution in [0.2, 0.25) is 0 Å². The molecule has 0 aromatic carbocycles. The number of nitrogens with zero attached hydrogens (tertiary/aromatic N) is 1. The van der Waals surface area contributed by atoms with Crippen LogP contribution >= 0.6 is 0 Å². The fourth-order valence-corrected chi connectivity index (χ4v) is 3.55. The zero-order valence-electron chi connectivity index (χ0n) is 11.1. The van der Waals surface area contributed by atoms with Gasteiger partial charge in [-0.25, -0.2) is 0 Å². The van der Waals surface area contributed by atoms with Crippen LogP contribution in [-0.2, 0) is 42.3 Å². The standard InChI is InChI=1S/C13H21NO2.Y/c1-7-5-13(6-11(15)14-12(13)16)10(4)9(3)8(7)2;/h7-10H,5-6H2,1-4H3,(H,14,15,16);/p-1. The molecule has 1 aliphatic carbocycles. The van der Waals surface area contributed by atoms with E-state index in [0.717, 1.165) is 6.42 Å². The van der Waals surface area contributed by atoms with Crippen molar-refractivity contribution in [3.8, 4) is 0 Å². The molecule has 0 bridgehead atoms. The molecular formula is C13H20NO2Y-. The predicted octanol–water partition coefficient (Wildman–Crippen LogP) is 2.75. The molecule has 1 aliphatic heterocycles. The van der Waals surface area contributed by atoms with Gasteiger partial charge < -0.3 is 14.9 Å². The Bertz CT molecular complexity index is 344. The van der Waals surface area contributed by atoms with E-state index in [9.17, 15) is 9.59 Å². The Balaban J connectivity index is 0.00000144. The van der Waals surface area contributed by atoms with Crippen molar-refractivity contribution in [1.29, 1.82) is 0 Å². The van der Waals surface area contributed by atoms with Crippen LogP contribution < -0.4 is 0 Å². The maximum atomic E-state index is 12.0. The molecule has 1 radical (unpaired) electrons. The Morgan fingerprint density at radius 2 is 1.71 bits per heavy atom. The summed E-state index contributed by atoms with van der Waals surface area (Å²) >= 11 is 0. The van der Waals surface area contributed by atoms with E-state index in [1.165, 1.54) is 0 Å². The van der Waals surface area contributed by atoms with Crippen LogP contribution in [0.15, 0.2) is 0 Å². The Morgan fingerprint density at radius 3 is 2.18 bits per heavy atom. The van der Waals surface area contributed by atoms with Gasteiger partial charge in [-0.05, 0) is 30.1 Å². The molecular weight excluding hydrogens is 291 g/mol. The zero-order chi connectivity index (χ0) is 12.1. The average Bonchev–Trinajstić information content (AvgIpc) is 2.49. The van der Waals surface area contributed by atoms with Gasteiger partial charge in [-0.3, -0.25) is 0 Å². The fourth-order valence-electron chi connectivity index (χ4n) is 3.55. The average molecular weight is 311 g/mol. The SMILES string of the molecule is CC1CC2(CC(=O)[N-]C2=O)C(C)C(C)C1C.[Y]. The minimum atomic E-state index is -0.470. The molecule has 2 rings (SSSR count). The molecule has 1 saturated carbocycles. The van der Waals surface area contributed by atoms with Crippen LogP contribution in [0.3, 0.4) is 0 Å². The number of rotatable bonds is 0. The molecule has 3 nitrogen and oxygen atoms in total. The summed E-state index contributed by atoms with van der Waals surface area (Å²) < 4.78 is 0. The zero-order valence-corrected chi connectivity index (χ0v) is 13.9. The first-order chi connectivity index (χ1) is 7.38. The molecule has 2 fully saturated rings. The molecule has 2 amide bonds. The van der Waals surface area contributed by atoms with Gasteiger partial charge in [0.15, 0.2) is 0 Å². The minimum absolute atomic E-state index is 0. The smallest absolute Gasteiger partial charge is 0.0634 e. The third-order valence-corrected chi connectivity index (χ3v) is 5.19. The first-order valence-corrected chi connectivity index (χ1v) is 6.17. The molecule has 0 aromatic rings. The van der Waals surface area contributed by atoms with E-state index >= 15 is 0 Å². The Labute approximate surface area is 128 Å². The van der Waals surface area contributed by atoms with Crippen molar-refractivity contribution in [3.05, 3.63) is 5.32 Å². The normalized spacial score (nSPS) is 45.6. The topological polar surface area (TPSA) is 48.2 Å².